The van der Waals surface area contributed by atoms with Gasteiger partial charge in [0.1, 0.15) is 6.04 Å². The van der Waals surface area contributed by atoms with Crippen molar-refractivity contribution in [1.29, 1.82) is 0 Å². The normalized spacial score (nSPS) is 13.3. The molecule has 1 N–H and O–H groups in total. The molecule has 0 aliphatic rings. The van der Waals surface area contributed by atoms with Gasteiger partial charge in [0, 0.05) is 12.6 Å². The second kappa shape index (κ2) is 7.65. The zero-order valence-electron chi connectivity index (χ0n) is 10.2. The standard InChI is InChI=1S/C11H23NO3/c1-5-10(11(14)15-6-2)12(7-8-13)9(3)4/h9-10,13H,5-8H2,1-4H3. The number of nitrogens with zero attached hydrogens (tertiary/aromatic N) is 1. The molecule has 0 radical (unpaired) electrons. The monoisotopic (exact) mass is 217 g/mol. The van der Waals surface area contributed by atoms with Crippen LogP contribution < -0.4 is 0 Å². The Morgan fingerprint density at radius 1 is 1.40 bits per heavy atom. The fourth-order valence-corrected chi connectivity index (χ4v) is 1.66. The summed E-state index contributed by atoms with van der Waals surface area (Å²) < 4.78 is 5.01. The fourth-order valence-electron chi connectivity index (χ4n) is 1.66. The molecule has 0 bridgehead atoms. The molecule has 0 saturated heterocycles. The number of hydrogen-bond donors (Lipinski definition) is 1. The van der Waals surface area contributed by atoms with E-state index in [1.807, 2.05) is 25.7 Å². The Morgan fingerprint density at radius 2 is 2.00 bits per heavy atom. The highest BCUT2D eigenvalue weighted by atomic mass is 16.5. The van der Waals surface area contributed by atoms with Gasteiger partial charge in [-0.25, -0.2) is 0 Å². The fraction of sp³-hybridized carbons (Fsp3) is 0.909. The Balaban J connectivity index is 4.50. The van der Waals surface area contributed by atoms with Crippen LogP contribution in [0.4, 0.5) is 0 Å². The second-order valence-corrected chi connectivity index (χ2v) is 3.73. The molecule has 0 saturated carbocycles. The average molecular weight is 217 g/mol. The minimum atomic E-state index is -0.239. The minimum Gasteiger partial charge on any atom is -0.465 e. The third-order valence-corrected chi connectivity index (χ3v) is 2.37. The predicted octanol–water partition coefficient (Wildman–Crippen LogP) is 1.03. The quantitative estimate of drug-likeness (QED) is 0.647. The first kappa shape index (κ1) is 14.4. The maximum absolute atomic E-state index is 11.6. The number of aliphatic hydroxyl groups is 1. The van der Waals surface area contributed by atoms with Crippen LogP contribution >= 0.6 is 0 Å². The van der Waals surface area contributed by atoms with Crippen LogP contribution in [0, 0.1) is 0 Å². The number of hydrogen-bond acceptors (Lipinski definition) is 4. The van der Waals surface area contributed by atoms with Crippen molar-refractivity contribution in [3.8, 4) is 0 Å². The van der Waals surface area contributed by atoms with Gasteiger partial charge in [0.15, 0.2) is 0 Å². The lowest BCUT2D eigenvalue weighted by atomic mass is 10.1. The van der Waals surface area contributed by atoms with Gasteiger partial charge in [-0.05, 0) is 27.2 Å². The van der Waals surface area contributed by atoms with E-state index in [1.165, 1.54) is 0 Å². The lowest BCUT2D eigenvalue weighted by molar-refractivity contribution is -0.150. The summed E-state index contributed by atoms with van der Waals surface area (Å²) in [5.41, 5.74) is 0. The smallest absolute Gasteiger partial charge is 0.323 e. The lowest BCUT2D eigenvalue weighted by Gasteiger charge is -2.32. The van der Waals surface area contributed by atoms with E-state index in [0.717, 1.165) is 0 Å². The van der Waals surface area contributed by atoms with Crippen LogP contribution in [0.5, 0.6) is 0 Å². The largest absolute Gasteiger partial charge is 0.465 e. The molecule has 0 spiro atoms. The number of carbonyl (C=O) groups excluding carboxylic acids is 1. The van der Waals surface area contributed by atoms with Gasteiger partial charge < -0.3 is 9.84 Å². The van der Waals surface area contributed by atoms with Crippen LogP contribution in [-0.4, -0.2) is 47.8 Å². The molecule has 0 aromatic rings. The molecule has 0 aromatic carbocycles. The SMILES string of the molecule is CCOC(=O)C(CC)N(CCO)C(C)C. The zero-order chi connectivity index (χ0) is 11.8. The summed E-state index contributed by atoms with van der Waals surface area (Å²) in [6.07, 6.45) is 0.705. The first-order valence-corrected chi connectivity index (χ1v) is 5.61. The van der Waals surface area contributed by atoms with E-state index >= 15 is 0 Å². The lowest BCUT2D eigenvalue weighted by Crippen LogP contribution is -2.47. The highest BCUT2D eigenvalue weighted by Gasteiger charge is 2.26. The minimum absolute atomic E-state index is 0.0636. The summed E-state index contributed by atoms with van der Waals surface area (Å²) in [5.74, 6) is -0.192. The predicted molar refractivity (Wildman–Crippen MR) is 59.6 cm³/mol. The summed E-state index contributed by atoms with van der Waals surface area (Å²) in [5, 5.41) is 8.95. The Labute approximate surface area is 92.2 Å². The van der Waals surface area contributed by atoms with Crippen LogP contribution in [0.2, 0.25) is 0 Å². The van der Waals surface area contributed by atoms with Gasteiger partial charge in [-0.2, -0.15) is 0 Å². The molecule has 1 unspecified atom stereocenters. The number of aliphatic hydroxyl groups excluding tert-OH is 1. The summed E-state index contributed by atoms with van der Waals surface area (Å²) in [7, 11) is 0. The maximum atomic E-state index is 11.6. The van der Waals surface area contributed by atoms with Gasteiger partial charge in [-0.1, -0.05) is 6.92 Å². The van der Waals surface area contributed by atoms with E-state index in [1.54, 1.807) is 6.92 Å². The number of carbonyl (C=O) groups is 1. The Kier molecular flexibility index (Phi) is 7.34. The van der Waals surface area contributed by atoms with Crippen molar-refractivity contribution in [2.45, 2.75) is 46.2 Å². The Hall–Kier alpha value is -0.610. The van der Waals surface area contributed by atoms with Crippen molar-refractivity contribution in [2.75, 3.05) is 19.8 Å². The van der Waals surface area contributed by atoms with Crippen LogP contribution in [-0.2, 0) is 9.53 Å². The van der Waals surface area contributed by atoms with Crippen molar-refractivity contribution < 1.29 is 14.6 Å². The van der Waals surface area contributed by atoms with Crippen molar-refractivity contribution in [2.24, 2.45) is 0 Å². The summed E-state index contributed by atoms with van der Waals surface area (Å²) in [4.78, 5) is 13.6. The number of rotatable bonds is 7. The molecular weight excluding hydrogens is 194 g/mol. The first-order chi connectivity index (χ1) is 7.08. The Morgan fingerprint density at radius 3 is 2.33 bits per heavy atom. The van der Waals surface area contributed by atoms with E-state index in [4.69, 9.17) is 9.84 Å². The molecule has 0 fully saturated rings. The zero-order valence-corrected chi connectivity index (χ0v) is 10.2. The number of ether oxygens (including phenoxy) is 1. The second-order valence-electron chi connectivity index (χ2n) is 3.73. The molecule has 0 rings (SSSR count). The molecule has 0 aliphatic carbocycles. The van der Waals surface area contributed by atoms with Gasteiger partial charge >= 0.3 is 5.97 Å². The summed E-state index contributed by atoms with van der Waals surface area (Å²) >= 11 is 0. The highest BCUT2D eigenvalue weighted by molar-refractivity contribution is 5.75. The molecule has 1 atom stereocenters. The average Bonchev–Trinajstić information content (AvgIpc) is 2.18. The van der Waals surface area contributed by atoms with E-state index < -0.39 is 0 Å². The first-order valence-electron chi connectivity index (χ1n) is 5.61. The highest BCUT2D eigenvalue weighted by Crippen LogP contribution is 2.10. The van der Waals surface area contributed by atoms with Gasteiger partial charge in [0.05, 0.1) is 13.2 Å². The van der Waals surface area contributed by atoms with E-state index in [9.17, 15) is 4.79 Å². The van der Waals surface area contributed by atoms with Crippen molar-refractivity contribution >= 4 is 5.97 Å². The summed E-state index contributed by atoms with van der Waals surface area (Å²) in [6.45, 7) is 8.75. The van der Waals surface area contributed by atoms with Crippen LogP contribution in [0.15, 0.2) is 0 Å². The number of esters is 1. The molecule has 90 valence electrons. The van der Waals surface area contributed by atoms with Crippen molar-refractivity contribution in [3.63, 3.8) is 0 Å². The topological polar surface area (TPSA) is 49.8 Å². The van der Waals surface area contributed by atoms with E-state index in [0.29, 0.717) is 19.6 Å². The van der Waals surface area contributed by atoms with Gasteiger partial charge in [0.2, 0.25) is 0 Å². The van der Waals surface area contributed by atoms with E-state index in [-0.39, 0.29) is 24.7 Å². The van der Waals surface area contributed by atoms with Crippen LogP contribution in [0.3, 0.4) is 0 Å². The third kappa shape index (κ3) is 4.62. The van der Waals surface area contributed by atoms with Crippen LogP contribution in [0.1, 0.15) is 34.1 Å². The van der Waals surface area contributed by atoms with Gasteiger partial charge in [-0.3, -0.25) is 9.69 Å². The molecule has 0 amide bonds. The maximum Gasteiger partial charge on any atom is 0.323 e. The van der Waals surface area contributed by atoms with E-state index in [2.05, 4.69) is 0 Å². The molecule has 15 heavy (non-hydrogen) atoms. The van der Waals surface area contributed by atoms with Gasteiger partial charge in [-0.15, -0.1) is 0 Å². The van der Waals surface area contributed by atoms with Crippen LogP contribution in [0.25, 0.3) is 0 Å². The third-order valence-electron chi connectivity index (χ3n) is 2.37. The molecule has 4 nitrogen and oxygen atoms in total. The van der Waals surface area contributed by atoms with Crippen molar-refractivity contribution in [1.82, 2.24) is 4.90 Å². The van der Waals surface area contributed by atoms with Gasteiger partial charge in [0.25, 0.3) is 0 Å². The molecular formula is C11H23NO3. The molecule has 0 aromatic heterocycles. The molecule has 0 heterocycles. The molecule has 4 heteroatoms. The van der Waals surface area contributed by atoms with Crippen molar-refractivity contribution in [3.05, 3.63) is 0 Å². The Bertz CT molecular complexity index is 183. The molecule has 0 aliphatic heterocycles. The summed E-state index contributed by atoms with van der Waals surface area (Å²) in [6, 6.07) is -0.0105.